The van der Waals surface area contributed by atoms with E-state index in [1.165, 1.54) is 0 Å². The second kappa shape index (κ2) is 7.24. The van der Waals surface area contributed by atoms with Crippen molar-refractivity contribution in [1.82, 2.24) is 14.7 Å². The summed E-state index contributed by atoms with van der Waals surface area (Å²) in [5.41, 5.74) is -0.354. The van der Waals surface area contributed by atoms with Gasteiger partial charge in [0.25, 0.3) is 0 Å². The quantitative estimate of drug-likeness (QED) is 0.686. The maximum atomic E-state index is 12.8. The van der Waals surface area contributed by atoms with E-state index in [0.29, 0.717) is 13.2 Å². The standard InChI is InChI=1S/C21H34BN3O5/c1-19(2,3)28-18(26)25-16-8-15(9-17(25)13-27-12-16)24-11-14(10-23-24)22-29-20(4,5)21(6,7)30-22/h10-11,15-17H,8-9,12-13H2,1-7H3/t15?,16-,17+. The Morgan fingerprint density at radius 1 is 1.10 bits per heavy atom. The number of amides is 1. The summed E-state index contributed by atoms with van der Waals surface area (Å²) in [6, 6.07) is 0.169. The fourth-order valence-corrected chi connectivity index (χ4v) is 4.37. The molecule has 4 rings (SSSR count). The van der Waals surface area contributed by atoms with Crippen molar-refractivity contribution in [2.24, 2.45) is 0 Å². The van der Waals surface area contributed by atoms with Crippen molar-refractivity contribution in [2.45, 2.75) is 96.2 Å². The van der Waals surface area contributed by atoms with Gasteiger partial charge in [0.05, 0.1) is 42.5 Å². The lowest BCUT2D eigenvalue weighted by Crippen LogP contribution is -2.60. The molecule has 30 heavy (non-hydrogen) atoms. The first-order chi connectivity index (χ1) is 13.9. The molecule has 1 aromatic heterocycles. The molecule has 1 amide bonds. The monoisotopic (exact) mass is 419 g/mol. The second-order valence-electron chi connectivity index (χ2n) is 10.7. The third-order valence-electron chi connectivity index (χ3n) is 6.62. The highest BCUT2D eigenvalue weighted by Gasteiger charge is 2.52. The summed E-state index contributed by atoms with van der Waals surface area (Å²) in [5.74, 6) is 0. The van der Waals surface area contributed by atoms with Crippen LogP contribution in [0.15, 0.2) is 12.4 Å². The van der Waals surface area contributed by atoms with Gasteiger partial charge in [0.15, 0.2) is 0 Å². The molecular formula is C21H34BN3O5. The van der Waals surface area contributed by atoms with Gasteiger partial charge < -0.3 is 18.8 Å². The molecule has 0 aromatic carbocycles. The van der Waals surface area contributed by atoms with Gasteiger partial charge in [-0.2, -0.15) is 5.10 Å². The zero-order valence-electron chi connectivity index (χ0n) is 19.2. The van der Waals surface area contributed by atoms with Crippen molar-refractivity contribution in [3.05, 3.63) is 12.4 Å². The molecule has 0 N–H and O–H groups in total. The van der Waals surface area contributed by atoms with Gasteiger partial charge >= 0.3 is 13.2 Å². The van der Waals surface area contributed by atoms with Crippen LogP contribution in [0.3, 0.4) is 0 Å². The summed E-state index contributed by atoms with van der Waals surface area (Å²) >= 11 is 0. The maximum absolute atomic E-state index is 12.8. The lowest BCUT2D eigenvalue weighted by Gasteiger charge is -2.48. The van der Waals surface area contributed by atoms with Crippen LogP contribution in [0.25, 0.3) is 0 Å². The number of hydrogen-bond acceptors (Lipinski definition) is 6. The highest BCUT2D eigenvalue weighted by Crippen LogP contribution is 2.37. The number of aromatic nitrogens is 2. The van der Waals surface area contributed by atoms with Crippen LogP contribution in [0.1, 0.15) is 67.3 Å². The van der Waals surface area contributed by atoms with Gasteiger partial charge in [-0.15, -0.1) is 0 Å². The molecule has 0 radical (unpaired) electrons. The number of ether oxygens (including phenoxy) is 2. The first kappa shape index (κ1) is 21.6. The van der Waals surface area contributed by atoms with Gasteiger partial charge in [0, 0.05) is 17.9 Å². The molecule has 1 unspecified atom stereocenters. The highest BCUT2D eigenvalue weighted by molar-refractivity contribution is 6.62. The first-order valence-corrected chi connectivity index (χ1v) is 10.8. The van der Waals surface area contributed by atoms with Crippen molar-refractivity contribution in [1.29, 1.82) is 0 Å². The van der Waals surface area contributed by atoms with Crippen LogP contribution >= 0.6 is 0 Å². The van der Waals surface area contributed by atoms with Crippen LogP contribution in [-0.4, -0.2) is 70.0 Å². The van der Waals surface area contributed by atoms with E-state index in [0.717, 1.165) is 18.3 Å². The average Bonchev–Trinajstić information content (AvgIpc) is 3.15. The van der Waals surface area contributed by atoms with Crippen molar-refractivity contribution < 1.29 is 23.6 Å². The van der Waals surface area contributed by atoms with Gasteiger partial charge in [-0.25, -0.2) is 4.79 Å². The fourth-order valence-electron chi connectivity index (χ4n) is 4.37. The Bertz CT molecular complexity index is 773. The number of carbonyl (C=O) groups excluding carboxylic acids is 1. The Kier molecular flexibility index (Phi) is 5.23. The van der Waals surface area contributed by atoms with Gasteiger partial charge in [-0.1, -0.05) is 0 Å². The maximum Gasteiger partial charge on any atom is 0.498 e. The Labute approximate surface area is 179 Å². The largest absolute Gasteiger partial charge is 0.498 e. The summed E-state index contributed by atoms with van der Waals surface area (Å²) in [5, 5.41) is 4.62. The van der Waals surface area contributed by atoms with E-state index >= 15 is 0 Å². The Hall–Kier alpha value is -1.58. The molecule has 3 aliphatic heterocycles. The van der Waals surface area contributed by atoms with Gasteiger partial charge in [-0.3, -0.25) is 9.58 Å². The number of hydrogen-bond donors (Lipinski definition) is 0. The van der Waals surface area contributed by atoms with E-state index in [-0.39, 0.29) is 35.4 Å². The zero-order chi connectivity index (χ0) is 21.9. The van der Waals surface area contributed by atoms with E-state index < -0.39 is 12.7 Å². The van der Waals surface area contributed by atoms with E-state index in [4.69, 9.17) is 18.8 Å². The van der Waals surface area contributed by atoms with Crippen LogP contribution in [-0.2, 0) is 18.8 Å². The lowest BCUT2D eigenvalue weighted by atomic mass is 9.82. The summed E-state index contributed by atoms with van der Waals surface area (Å²) in [6.07, 6.45) is 5.15. The molecule has 1 aromatic rings. The van der Waals surface area contributed by atoms with E-state index in [1.807, 2.05) is 70.4 Å². The number of fused-ring (bicyclic) bond motifs is 2. The lowest BCUT2D eigenvalue weighted by molar-refractivity contribution is -0.0886. The fraction of sp³-hybridized carbons (Fsp3) is 0.810. The van der Waals surface area contributed by atoms with Crippen molar-refractivity contribution in [2.75, 3.05) is 13.2 Å². The molecule has 8 nitrogen and oxygen atoms in total. The molecule has 2 bridgehead atoms. The Morgan fingerprint density at radius 3 is 2.20 bits per heavy atom. The Morgan fingerprint density at radius 2 is 1.67 bits per heavy atom. The summed E-state index contributed by atoms with van der Waals surface area (Å²) in [4.78, 5) is 14.6. The summed E-state index contributed by atoms with van der Waals surface area (Å²) < 4.78 is 25.7. The van der Waals surface area contributed by atoms with Crippen LogP contribution in [0.2, 0.25) is 0 Å². The van der Waals surface area contributed by atoms with Crippen molar-refractivity contribution >= 4 is 18.7 Å². The molecule has 0 spiro atoms. The first-order valence-electron chi connectivity index (χ1n) is 10.8. The van der Waals surface area contributed by atoms with Crippen LogP contribution in [0.5, 0.6) is 0 Å². The minimum absolute atomic E-state index is 0.0122. The number of carbonyl (C=O) groups is 1. The van der Waals surface area contributed by atoms with Crippen LogP contribution in [0.4, 0.5) is 4.79 Å². The molecule has 3 saturated heterocycles. The Balaban J connectivity index is 1.47. The van der Waals surface area contributed by atoms with Crippen LogP contribution in [0, 0.1) is 0 Å². The molecule has 3 aliphatic rings. The van der Waals surface area contributed by atoms with Crippen molar-refractivity contribution in [3.63, 3.8) is 0 Å². The third-order valence-corrected chi connectivity index (χ3v) is 6.62. The average molecular weight is 419 g/mol. The minimum Gasteiger partial charge on any atom is -0.444 e. The minimum atomic E-state index is -0.511. The van der Waals surface area contributed by atoms with E-state index in [2.05, 4.69) is 5.10 Å². The number of morpholine rings is 1. The molecule has 0 aliphatic carbocycles. The number of rotatable bonds is 2. The summed E-state index contributed by atoms with van der Waals surface area (Å²) in [7, 11) is -0.423. The molecule has 0 saturated carbocycles. The van der Waals surface area contributed by atoms with Gasteiger partial charge in [0.2, 0.25) is 0 Å². The predicted molar refractivity (Wildman–Crippen MR) is 113 cm³/mol. The molecule has 3 atom stereocenters. The smallest absolute Gasteiger partial charge is 0.444 e. The van der Waals surface area contributed by atoms with E-state index in [9.17, 15) is 4.79 Å². The van der Waals surface area contributed by atoms with Crippen molar-refractivity contribution in [3.8, 4) is 0 Å². The molecule has 166 valence electrons. The number of nitrogens with zero attached hydrogens (tertiary/aromatic N) is 3. The van der Waals surface area contributed by atoms with E-state index in [1.54, 1.807) is 0 Å². The highest BCUT2D eigenvalue weighted by atomic mass is 16.7. The SMILES string of the molecule is CC(C)(C)OC(=O)N1[C@@H]2COC[C@H]1CC(n1cc(B3OC(C)(C)C(C)(C)O3)cn1)C2. The third kappa shape index (κ3) is 3.99. The molecular weight excluding hydrogens is 385 g/mol. The number of piperidine rings is 1. The van der Waals surface area contributed by atoms with Gasteiger partial charge in [-0.05, 0) is 61.3 Å². The predicted octanol–water partition coefficient (Wildman–Crippen LogP) is 2.52. The normalized spacial score (nSPS) is 30.4. The topological polar surface area (TPSA) is 75.0 Å². The van der Waals surface area contributed by atoms with Crippen LogP contribution < -0.4 is 5.46 Å². The van der Waals surface area contributed by atoms with Gasteiger partial charge in [0.1, 0.15) is 5.60 Å². The zero-order valence-corrected chi connectivity index (χ0v) is 19.2. The summed E-state index contributed by atoms with van der Waals surface area (Å²) in [6.45, 7) is 14.9. The molecule has 3 fully saturated rings. The molecule has 4 heterocycles. The molecule has 9 heteroatoms. The second-order valence-corrected chi connectivity index (χ2v) is 10.7.